The van der Waals surface area contributed by atoms with Crippen LogP contribution in [-0.2, 0) is 0 Å². The number of benzene rings is 2. The summed E-state index contributed by atoms with van der Waals surface area (Å²) in [5.41, 5.74) is 1.38. The zero-order valence-electron chi connectivity index (χ0n) is 14.6. The first-order valence-electron chi connectivity index (χ1n) is 9.17. The van der Waals surface area contributed by atoms with Crippen LogP contribution in [0.4, 0.5) is 0 Å². The lowest BCUT2D eigenvalue weighted by Gasteiger charge is -2.20. The van der Waals surface area contributed by atoms with Gasteiger partial charge >= 0.3 is 0 Å². The highest BCUT2D eigenvalue weighted by Crippen LogP contribution is 2.36. The molecule has 0 radical (unpaired) electrons. The van der Waals surface area contributed by atoms with Crippen molar-refractivity contribution in [3.05, 3.63) is 60.2 Å². The van der Waals surface area contributed by atoms with E-state index < -0.39 is 0 Å². The summed E-state index contributed by atoms with van der Waals surface area (Å²) in [4.78, 5) is 0. The number of ether oxygens (including phenoxy) is 1. The van der Waals surface area contributed by atoms with E-state index in [9.17, 15) is 0 Å². The van der Waals surface area contributed by atoms with Crippen LogP contribution in [0.2, 0.25) is 0 Å². The molecule has 2 rings (SSSR count). The van der Waals surface area contributed by atoms with Crippen LogP contribution in [0.25, 0.3) is 0 Å². The van der Waals surface area contributed by atoms with Gasteiger partial charge in [-0.25, -0.2) is 0 Å². The van der Waals surface area contributed by atoms with Gasteiger partial charge in [0.15, 0.2) is 0 Å². The van der Waals surface area contributed by atoms with E-state index in [1.807, 2.05) is 30.3 Å². The van der Waals surface area contributed by atoms with Crippen molar-refractivity contribution in [2.24, 2.45) is 0 Å². The Labute approximate surface area is 141 Å². The molecule has 1 atom stereocenters. The van der Waals surface area contributed by atoms with Gasteiger partial charge in [0.1, 0.15) is 11.5 Å². The number of unbranched alkanes of at least 4 members (excludes halogenated alkanes) is 3. The van der Waals surface area contributed by atoms with E-state index in [0.29, 0.717) is 5.92 Å². The molecule has 0 bridgehead atoms. The Morgan fingerprint density at radius 2 is 1.39 bits per heavy atom. The lowest BCUT2D eigenvalue weighted by Crippen LogP contribution is -2.02. The van der Waals surface area contributed by atoms with Crippen LogP contribution in [0.15, 0.2) is 54.6 Å². The van der Waals surface area contributed by atoms with Gasteiger partial charge in [-0.05, 0) is 42.5 Å². The Hall–Kier alpha value is -1.76. The van der Waals surface area contributed by atoms with E-state index in [4.69, 9.17) is 4.74 Å². The lowest BCUT2D eigenvalue weighted by molar-refractivity contribution is 0.451. The largest absolute Gasteiger partial charge is 0.457 e. The van der Waals surface area contributed by atoms with Crippen LogP contribution in [0.3, 0.4) is 0 Å². The normalized spacial score (nSPS) is 12.1. The Kier molecular flexibility index (Phi) is 7.72. The minimum Gasteiger partial charge on any atom is -0.457 e. The predicted octanol–water partition coefficient (Wildman–Crippen LogP) is 7.33. The fourth-order valence-corrected chi connectivity index (χ4v) is 3.07. The molecule has 0 fully saturated rings. The monoisotopic (exact) mass is 310 g/mol. The first-order valence-corrected chi connectivity index (χ1v) is 9.17. The molecular formula is C22H30O. The molecule has 0 aromatic heterocycles. The fraction of sp³-hybridized carbons (Fsp3) is 0.455. The van der Waals surface area contributed by atoms with Crippen LogP contribution >= 0.6 is 0 Å². The van der Waals surface area contributed by atoms with Crippen molar-refractivity contribution in [2.75, 3.05) is 0 Å². The number of rotatable bonds is 10. The minimum atomic E-state index is 0.612. The standard InChI is InChI=1S/C22H30O/c1-3-5-8-14-19(13-6-4-2)21-17-11-12-18-22(21)23-20-15-9-7-10-16-20/h7,9-12,15-19H,3-6,8,13-14H2,1-2H3. The molecular weight excluding hydrogens is 280 g/mol. The molecule has 1 heteroatoms. The van der Waals surface area contributed by atoms with E-state index in [-0.39, 0.29) is 0 Å². The van der Waals surface area contributed by atoms with E-state index in [0.717, 1.165) is 11.5 Å². The van der Waals surface area contributed by atoms with Crippen molar-refractivity contribution in [3.8, 4) is 11.5 Å². The third-order valence-corrected chi connectivity index (χ3v) is 4.39. The Balaban J connectivity index is 2.16. The molecule has 1 unspecified atom stereocenters. The van der Waals surface area contributed by atoms with Gasteiger partial charge in [-0.3, -0.25) is 0 Å². The van der Waals surface area contributed by atoms with Crippen molar-refractivity contribution < 1.29 is 4.74 Å². The van der Waals surface area contributed by atoms with Gasteiger partial charge in [0.25, 0.3) is 0 Å². The third-order valence-electron chi connectivity index (χ3n) is 4.39. The van der Waals surface area contributed by atoms with Gasteiger partial charge in [-0.15, -0.1) is 0 Å². The van der Waals surface area contributed by atoms with E-state index >= 15 is 0 Å². The van der Waals surface area contributed by atoms with Gasteiger partial charge < -0.3 is 4.74 Å². The molecule has 0 aliphatic rings. The maximum Gasteiger partial charge on any atom is 0.130 e. The molecule has 0 spiro atoms. The van der Waals surface area contributed by atoms with Crippen molar-refractivity contribution in [2.45, 2.75) is 64.7 Å². The molecule has 0 saturated carbocycles. The van der Waals surface area contributed by atoms with E-state index in [1.165, 1.54) is 50.5 Å². The van der Waals surface area contributed by atoms with Gasteiger partial charge in [0, 0.05) is 0 Å². The second kappa shape index (κ2) is 10.1. The molecule has 124 valence electrons. The molecule has 0 heterocycles. The predicted molar refractivity (Wildman–Crippen MR) is 99.4 cm³/mol. The Morgan fingerprint density at radius 3 is 2.13 bits per heavy atom. The number of hydrogen-bond acceptors (Lipinski definition) is 1. The highest BCUT2D eigenvalue weighted by molar-refractivity contribution is 5.40. The smallest absolute Gasteiger partial charge is 0.130 e. The summed E-state index contributed by atoms with van der Waals surface area (Å²) >= 11 is 0. The molecule has 1 nitrogen and oxygen atoms in total. The van der Waals surface area contributed by atoms with Crippen LogP contribution in [0.1, 0.15) is 70.3 Å². The highest BCUT2D eigenvalue weighted by Gasteiger charge is 2.16. The van der Waals surface area contributed by atoms with Gasteiger partial charge in [0.2, 0.25) is 0 Å². The summed E-state index contributed by atoms with van der Waals surface area (Å²) in [6.45, 7) is 4.54. The molecule has 0 aliphatic heterocycles. The zero-order chi connectivity index (χ0) is 16.3. The van der Waals surface area contributed by atoms with Crippen molar-refractivity contribution in [1.29, 1.82) is 0 Å². The quantitative estimate of drug-likeness (QED) is 0.417. The van der Waals surface area contributed by atoms with Crippen LogP contribution in [0, 0.1) is 0 Å². The summed E-state index contributed by atoms with van der Waals surface area (Å²) in [7, 11) is 0. The summed E-state index contributed by atoms with van der Waals surface area (Å²) < 4.78 is 6.18. The van der Waals surface area contributed by atoms with Crippen LogP contribution in [-0.4, -0.2) is 0 Å². The SMILES string of the molecule is CCCCCC(CCCC)c1ccccc1Oc1ccccc1. The zero-order valence-corrected chi connectivity index (χ0v) is 14.6. The Morgan fingerprint density at radius 1 is 0.739 bits per heavy atom. The average Bonchev–Trinajstić information content (AvgIpc) is 2.60. The van der Waals surface area contributed by atoms with Crippen molar-refractivity contribution in [3.63, 3.8) is 0 Å². The second-order valence-corrected chi connectivity index (χ2v) is 6.29. The molecule has 0 saturated heterocycles. The van der Waals surface area contributed by atoms with Gasteiger partial charge in [0.05, 0.1) is 0 Å². The summed E-state index contributed by atoms with van der Waals surface area (Å²) in [5.74, 6) is 2.56. The molecule has 0 N–H and O–H groups in total. The van der Waals surface area contributed by atoms with Gasteiger partial charge in [-0.2, -0.15) is 0 Å². The van der Waals surface area contributed by atoms with Crippen LogP contribution < -0.4 is 4.74 Å². The number of para-hydroxylation sites is 2. The molecule has 0 amide bonds. The highest BCUT2D eigenvalue weighted by atomic mass is 16.5. The first-order chi connectivity index (χ1) is 11.3. The fourth-order valence-electron chi connectivity index (χ4n) is 3.07. The maximum atomic E-state index is 6.18. The van der Waals surface area contributed by atoms with Crippen molar-refractivity contribution >= 4 is 0 Å². The maximum absolute atomic E-state index is 6.18. The third kappa shape index (κ3) is 5.74. The number of hydrogen-bond donors (Lipinski definition) is 0. The molecule has 0 aliphatic carbocycles. The molecule has 23 heavy (non-hydrogen) atoms. The average molecular weight is 310 g/mol. The summed E-state index contributed by atoms with van der Waals surface area (Å²) in [6, 6.07) is 18.7. The summed E-state index contributed by atoms with van der Waals surface area (Å²) in [6.07, 6.45) is 8.98. The lowest BCUT2D eigenvalue weighted by atomic mass is 9.88. The minimum absolute atomic E-state index is 0.612. The molecule has 2 aromatic carbocycles. The topological polar surface area (TPSA) is 9.23 Å². The van der Waals surface area contributed by atoms with E-state index in [2.05, 4.69) is 38.1 Å². The molecule has 2 aromatic rings. The second-order valence-electron chi connectivity index (χ2n) is 6.29. The van der Waals surface area contributed by atoms with Gasteiger partial charge in [-0.1, -0.05) is 82.3 Å². The van der Waals surface area contributed by atoms with E-state index in [1.54, 1.807) is 0 Å². The van der Waals surface area contributed by atoms with Crippen molar-refractivity contribution in [1.82, 2.24) is 0 Å². The first kappa shape index (κ1) is 17.6. The van der Waals surface area contributed by atoms with Crippen LogP contribution in [0.5, 0.6) is 11.5 Å². The summed E-state index contributed by atoms with van der Waals surface area (Å²) in [5, 5.41) is 0. The Bertz CT molecular complexity index is 547.